The molecule has 0 atom stereocenters. The maximum absolute atomic E-state index is 13.1. The number of carbonyl (C=O) groups excluding carboxylic acids is 1. The molecule has 2 heterocycles. The summed E-state index contributed by atoms with van der Waals surface area (Å²) in [6, 6.07) is 4.95. The first-order valence-electron chi connectivity index (χ1n) is 10.2. The molecule has 2 saturated heterocycles. The second-order valence-corrected chi connectivity index (χ2v) is 9.41. The lowest BCUT2D eigenvalue weighted by Gasteiger charge is -2.26. The van der Waals surface area contributed by atoms with Gasteiger partial charge in [-0.3, -0.25) is 9.69 Å². The Morgan fingerprint density at radius 3 is 2.43 bits per heavy atom. The van der Waals surface area contributed by atoms with Crippen LogP contribution in [0.15, 0.2) is 23.1 Å². The predicted molar refractivity (Wildman–Crippen MR) is 108 cm³/mol. The first-order chi connectivity index (χ1) is 13.5. The van der Waals surface area contributed by atoms with E-state index >= 15 is 0 Å². The summed E-state index contributed by atoms with van der Waals surface area (Å²) in [5.74, 6) is -0.236. The zero-order chi connectivity index (χ0) is 20.0. The standard InChI is InChI=1S/C20H31N3O4S/c1-17-6-7-18(20(24)21-8-11-22-12-14-27-15-13-22)16-19(17)28(25,26)23-9-4-2-3-5-10-23/h6-7,16H,2-5,8-15H2,1H3,(H,21,24). The zero-order valence-electron chi connectivity index (χ0n) is 16.7. The molecule has 0 radical (unpaired) electrons. The molecule has 156 valence electrons. The Kier molecular flexibility index (Phi) is 7.45. The van der Waals surface area contributed by atoms with Gasteiger partial charge in [0, 0.05) is 44.8 Å². The number of hydrogen-bond acceptors (Lipinski definition) is 5. The number of amides is 1. The number of morpholine rings is 1. The van der Waals surface area contributed by atoms with Crippen molar-refractivity contribution in [3.8, 4) is 0 Å². The Hall–Kier alpha value is -1.48. The third-order valence-electron chi connectivity index (χ3n) is 5.45. The number of carbonyl (C=O) groups is 1. The third-order valence-corrected chi connectivity index (χ3v) is 7.49. The minimum Gasteiger partial charge on any atom is -0.379 e. The number of ether oxygens (including phenoxy) is 1. The fourth-order valence-electron chi connectivity index (χ4n) is 3.69. The molecule has 1 amide bonds. The van der Waals surface area contributed by atoms with Gasteiger partial charge in [-0.2, -0.15) is 4.31 Å². The number of aryl methyl sites for hydroxylation is 1. The minimum absolute atomic E-state index is 0.236. The van der Waals surface area contributed by atoms with Gasteiger partial charge in [0.15, 0.2) is 0 Å². The van der Waals surface area contributed by atoms with Crippen LogP contribution in [0.2, 0.25) is 0 Å². The summed E-state index contributed by atoms with van der Waals surface area (Å²) in [6.07, 6.45) is 3.91. The summed E-state index contributed by atoms with van der Waals surface area (Å²) >= 11 is 0. The lowest BCUT2D eigenvalue weighted by atomic mass is 10.1. The van der Waals surface area contributed by atoms with E-state index in [-0.39, 0.29) is 10.8 Å². The highest BCUT2D eigenvalue weighted by Gasteiger charge is 2.27. The van der Waals surface area contributed by atoms with Crippen LogP contribution in [0.4, 0.5) is 0 Å². The number of nitrogens with zero attached hydrogens (tertiary/aromatic N) is 2. The molecule has 2 aliphatic rings. The summed E-state index contributed by atoms with van der Waals surface area (Å²) in [5.41, 5.74) is 1.06. The van der Waals surface area contributed by atoms with Crippen molar-refractivity contribution in [3.05, 3.63) is 29.3 Å². The summed E-state index contributed by atoms with van der Waals surface area (Å²) in [4.78, 5) is 15.0. The van der Waals surface area contributed by atoms with Crippen LogP contribution in [0.1, 0.15) is 41.6 Å². The van der Waals surface area contributed by atoms with E-state index in [9.17, 15) is 13.2 Å². The molecule has 0 aliphatic carbocycles. The topological polar surface area (TPSA) is 79.0 Å². The fourth-order valence-corrected chi connectivity index (χ4v) is 5.46. The first kappa shape index (κ1) is 21.2. The van der Waals surface area contributed by atoms with Crippen LogP contribution in [0.3, 0.4) is 0 Å². The number of nitrogens with one attached hydrogen (secondary N) is 1. The van der Waals surface area contributed by atoms with Gasteiger partial charge in [-0.05, 0) is 37.5 Å². The Labute approximate surface area is 168 Å². The zero-order valence-corrected chi connectivity index (χ0v) is 17.5. The molecule has 1 aromatic carbocycles. The molecule has 3 rings (SSSR count). The van der Waals surface area contributed by atoms with Gasteiger partial charge in [-0.25, -0.2) is 8.42 Å². The van der Waals surface area contributed by atoms with Crippen molar-refractivity contribution in [2.24, 2.45) is 0 Å². The van der Waals surface area contributed by atoms with Crippen LogP contribution in [-0.2, 0) is 14.8 Å². The lowest BCUT2D eigenvalue weighted by Crippen LogP contribution is -2.41. The molecule has 0 saturated carbocycles. The molecular formula is C20H31N3O4S. The van der Waals surface area contributed by atoms with E-state index in [4.69, 9.17) is 4.74 Å². The Bertz CT molecular complexity index is 768. The molecule has 8 heteroatoms. The summed E-state index contributed by atoms with van der Waals surface area (Å²) in [6.45, 7) is 7.38. The van der Waals surface area contributed by atoms with Crippen LogP contribution in [0, 0.1) is 6.92 Å². The SMILES string of the molecule is Cc1ccc(C(=O)NCCN2CCOCC2)cc1S(=O)(=O)N1CCCCCC1. The average molecular weight is 410 g/mol. The van der Waals surface area contributed by atoms with Crippen molar-refractivity contribution in [1.29, 1.82) is 0 Å². The molecule has 0 aromatic heterocycles. The Morgan fingerprint density at radius 2 is 1.75 bits per heavy atom. The van der Waals surface area contributed by atoms with Crippen molar-refractivity contribution in [3.63, 3.8) is 0 Å². The Balaban J connectivity index is 1.66. The highest BCUT2D eigenvalue weighted by Crippen LogP contribution is 2.24. The molecule has 2 aliphatic heterocycles. The fraction of sp³-hybridized carbons (Fsp3) is 0.650. The Morgan fingerprint density at radius 1 is 1.07 bits per heavy atom. The first-order valence-corrected chi connectivity index (χ1v) is 11.6. The van der Waals surface area contributed by atoms with Gasteiger partial charge in [0.2, 0.25) is 10.0 Å². The highest BCUT2D eigenvalue weighted by atomic mass is 32.2. The predicted octanol–water partition coefficient (Wildman–Crippen LogP) is 1.62. The summed E-state index contributed by atoms with van der Waals surface area (Å²) in [5, 5.41) is 2.90. The van der Waals surface area contributed by atoms with Crippen molar-refractivity contribution in [2.45, 2.75) is 37.5 Å². The average Bonchev–Trinajstić information content (AvgIpc) is 2.99. The number of rotatable bonds is 6. The maximum atomic E-state index is 13.1. The largest absolute Gasteiger partial charge is 0.379 e. The van der Waals surface area contributed by atoms with E-state index in [2.05, 4.69) is 10.2 Å². The van der Waals surface area contributed by atoms with Crippen molar-refractivity contribution >= 4 is 15.9 Å². The number of benzene rings is 1. The smallest absolute Gasteiger partial charge is 0.251 e. The van der Waals surface area contributed by atoms with E-state index in [1.807, 2.05) is 0 Å². The quantitative estimate of drug-likeness (QED) is 0.772. The van der Waals surface area contributed by atoms with Gasteiger partial charge in [0.1, 0.15) is 0 Å². The van der Waals surface area contributed by atoms with Gasteiger partial charge in [0.25, 0.3) is 5.91 Å². The second-order valence-electron chi connectivity index (χ2n) is 7.51. The molecule has 7 nitrogen and oxygen atoms in total. The summed E-state index contributed by atoms with van der Waals surface area (Å²) in [7, 11) is -3.58. The van der Waals surface area contributed by atoms with E-state index in [1.165, 1.54) is 6.07 Å². The maximum Gasteiger partial charge on any atom is 0.251 e. The summed E-state index contributed by atoms with van der Waals surface area (Å²) < 4.78 is 33.2. The molecule has 1 N–H and O–H groups in total. The van der Waals surface area contributed by atoms with Crippen LogP contribution < -0.4 is 5.32 Å². The van der Waals surface area contributed by atoms with Crippen molar-refractivity contribution < 1.29 is 17.9 Å². The van der Waals surface area contributed by atoms with E-state index in [0.29, 0.717) is 30.8 Å². The lowest BCUT2D eigenvalue weighted by molar-refractivity contribution is 0.0383. The van der Waals surface area contributed by atoms with Gasteiger partial charge >= 0.3 is 0 Å². The van der Waals surface area contributed by atoms with Crippen LogP contribution in [0.5, 0.6) is 0 Å². The van der Waals surface area contributed by atoms with Crippen LogP contribution >= 0.6 is 0 Å². The second kappa shape index (κ2) is 9.82. The van der Waals surface area contributed by atoms with Gasteiger partial charge < -0.3 is 10.1 Å². The molecule has 1 aromatic rings. The molecule has 0 unspecified atom stereocenters. The molecular weight excluding hydrogens is 378 g/mol. The van der Waals surface area contributed by atoms with Crippen LogP contribution in [-0.4, -0.2) is 76.0 Å². The third kappa shape index (κ3) is 5.31. The molecule has 0 spiro atoms. The van der Waals surface area contributed by atoms with Gasteiger partial charge in [-0.15, -0.1) is 0 Å². The highest BCUT2D eigenvalue weighted by molar-refractivity contribution is 7.89. The normalized spacial score (nSPS) is 19.9. The molecule has 2 fully saturated rings. The van der Waals surface area contributed by atoms with E-state index < -0.39 is 10.0 Å². The van der Waals surface area contributed by atoms with Gasteiger partial charge in [0.05, 0.1) is 18.1 Å². The number of hydrogen-bond donors (Lipinski definition) is 1. The molecule has 28 heavy (non-hydrogen) atoms. The van der Waals surface area contributed by atoms with Crippen molar-refractivity contribution in [1.82, 2.24) is 14.5 Å². The van der Waals surface area contributed by atoms with Gasteiger partial charge in [-0.1, -0.05) is 18.9 Å². The monoisotopic (exact) mass is 409 g/mol. The molecule has 0 bridgehead atoms. The minimum atomic E-state index is -3.58. The number of sulfonamides is 1. The van der Waals surface area contributed by atoms with Crippen LogP contribution in [0.25, 0.3) is 0 Å². The van der Waals surface area contributed by atoms with Crippen molar-refractivity contribution in [2.75, 3.05) is 52.5 Å². The van der Waals surface area contributed by atoms with E-state index in [0.717, 1.165) is 58.5 Å². The van der Waals surface area contributed by atoms with E-state index in [1.54, 1.807) is 23.4 Å².